The third-order valence-corrected chi connectivity index (χ3v) is 24.7. The maximum Gasteiger partial charge on any atom is 0.341 e. The Morgan fingerprint density at radius 3 is 1.27 bits per heavy atom. The number of aromatic hydroxyl groups is 1. The highest BCUT2D eigenvalue weighted by Crippen LogP contribution is 2.53. The zero-order valence-corrected chi connectivity index (χ0v) is 70.9. The summed E-state index contributed by atoms with van der Waals surface area (Å²) in [6.07, 6.45) is 25.6. The number of nitrogens with zero attached hydrogens (tertiary/aromatic N) is 9. The van der Waals surface area contributed by atoms with Crippen LogP contribution in [0.4, 0.5) is 0 Å². The molecule has 19 nitrogen and oxygen atoms in total. The van der Waals surface area contributed by atoms with E-state index >= 15 is 0 Å². The lowest BCUT2D eigenvalue weighted by Crippen LogP contribution is -2.52. The van der Waals surface area contributed by atoms with E-state index in [0.29, 0.717) is 81.2 Å². The molecule has 23 heteroatoms. The van der Waals surface area contributed by atoms with E-state index in [1.165, 1.54) is 76.5 Å². The number of aliphatic imine (C=N–C) groups is 4. The SMILES string of the molecule is CC(C)C[C@@]1(C(=O)NCCc2c[nH]c3ccccc23)N=CN(CC2CC2)[C@H]1c1ccc(Cl)cc1O.CC(C)C[C@@]1(C(=O)NCCc2ccncc2)N=CN(CC2CC2)[C@H]1c1ccc(Cl)cc1.COC(=O)[C@@]1(c2ccccc2)N=CN(CC2CC2)[C@H]1c1ccc(Cl)cc1.COC(=O)[C@]1(c2ccccc2)N=CN(CC2CC2)[C@H]1c1ccc(Cl)cc1. The van der Waals surface area contributed by atoms with Crippen LogP contribution in [0, 0.1) is 35.5 Å². The molecule has 9 aromatic rings. The number of aromatic nitrogens is 2. The summed E-state index contributed by atoms with van der Waals surface area (Å²) >= 11 is 24.5. The molecule has 4 aliphatic heterocycles. The number of carbonyl (C=O) groups excluding carboxylic acids is 4. The van der Waals surface area contributed by atoms with Crippen LogP contribution in [0.3, 0.4) is 0 Å². The average Bonchev–Trinajstić information content (AvgIpc) is 1.59. The number of para-hydroxylation sites is 1. The molecular formula is C95H106Cl4N12O7. The number of esters is 2. The zero-order valence-electron chi connectivity index (χ0n) is 67.9. The summed E-state index contributed by atoms with van der Waals surface area (Å²) in [5.41, 5.74) is 4.81. The Labute approximate surface area is 712 Å². The number of nitrogens with one attached hydrogen (secondary N) is 3. The number of phenols is 1. The van der Waals surface area contributed by atoms with Gasteiger partial charge in [-0.2, -0.15) is 0 Å². The Morgan fingerprint density at radius 2 is 0.847 bits per heavy atom. The summed E-state index contributed by atoms with van der Waals surface area (Å²) in [5, 5.41) is 20.9. The highest BCUT2D eigenvalue weighted by Gasteiger charge is 2.58. The van der Waals surface area contributed by atoms with Crippen molar-refractivity contribution < 1.29 is 33.8 Å². The van der Waals surface area contributed by atoms with Gasteiger partial charge in [0.05, 0.1) is 63.7 Å². The molecule has 4 N–H and O–H groups in total. The van der Waals surface area contributed by atoms with Crippen LogP contribution in [-0.2, 0) is 52.6 Å². The van der Waals surface area contributed by atoms with E-state index in [1.807, 2.05) is 195 Å². The molecule has 0 saturated heterocycles. The van der Waals surface area contributed by atoms with E-state index < -0.39 is 22.2 Å². The number of aromatic amines is 1. The number of phenolic OH excluding ortho intramolecular Hbond substituents is 1. The zero-order chi connectivity index (χ0) is 82.7. The highest BCUT2D eigenvalue weighted by atomic mass is 35.5. The van der Waals surface area contributed by atoms with E-state index in [4.69, 9.17) is 75.8 Å². The van der Waals surface area contributed by atoms with Crippen molar-refractivity contribution >= 4 is 106 Å². The predicted octanol–water partition coefficient (Wildman–Crippen LogP) is 18.5. The number of benzene rings is 7. The molecule has 0 spiro atoms. The summed E-state index contributed by atoms with van der Waals surface area (Å²) in [6.45, 7) is 13.2. The minimum atomic E-state index is -1.11. The molecule has 8 atom stereocenters. The molecule has 616 valence electrons. The van der Waals surface area contributed by atoms with Crippen molar-refractivity contribution in [3.05, 3.63) is 271 Å². The van der Waals surface area contributed by atoms with Crippen LogP contribution < -0.4 is 10.6 Å². The summed E-state index contributed by atoms with van der Waals surface area (Å²) < 4.78 is 10.5. The number of H-pyrrole nitrogens is 1. The number of rotatable bonds is 28. The number of pyridine rings is 1. The quantitative estimate of drug-likeness (QED) is 0.0336. The molecule has 8 aliphatic rings. The largest absolute Gasteiger partial charge is 0.508 e. The topological polar surface area (TPSA) is 222 Å². The van der Waals surface area contributed by atoms with E-state index in [9.17, 15) is 24.3 Å². The van der Waals surface area contributed by atoms with Gasteiger partial charge >= 0.3 is 11.9 Å². The number of halogens is 4. The van der Waals surface area contributed by atoms with Crippen molar-refractivity contribution in [1.82, 2.24) is 40.2 Å². The molecule has 0 bridgehead atoms. The third kappa shape index (κ3) is 19.1. The van der Waals surface area contributed by atoms with Gasteiger partial charge in [-0.1, -0.05) is 195 Å². The highest BCUT2D eigenvalue weighted by molar-refractivity contribution is 6.31. The van der Waals surface area contributed by atoms with Crippen molar-refractivity contribution in [2.45, 2.75) is 151 Å². The van der Waals surface area contributed by atoms with Gasteiger partial charge in [-0.05, 0) is 218 Å². The third-order valence-electron chi connectivity index (χ3n) is 23.7. The van der Waals surface area contributed by atoms with E-state index in [1.54, 1.807) is 24.5 Å². The second-order valence-corrected chi connectivity index (χ2v) is 35.3. The molecule has 118 heavy (non-hydrogen) atoms. The summed E-state index contributed by atoms with van der Waals surface area (Å²) in [7, 11) is 2.84. The molecule has 0 unspecified atom stereocenters. The number of hydrogen-bond donors (Lipinski definition) is 4. The first-order valence-electron chi connectivity index (χ1n) is 41.4. The van der Waals surface area contributed by atoms with Crippen LogP contribution in [0.2, 0.25) is 20.1 Å². The van der Waals surface area contributed by atoms with Gasteiger partial charge in [0, 0.05) is 94.4 Å². The predicted molar refractivity (Wildman–Crippen MR) is 471 cm³/mol. The summed E-state index contributed by atoms with van der Waals surface area (Å²) in [4.78, 5) is 89.2. The second-order valence-electron chi connectivity index (χ2n) is 33.5. The Hall–Kier alpha value is -10.1. The van der Waals surface area contributed by atoms with Gasteiger partial charge in [0.2, 0.25) is 11.1 Å². The molecule has 2 aromatic heterocycles. The van der Waals surface area contributed by atoms with Gasteiger partial charge in [-0.3, -0.25) is 24.6 Å². The smallest absolute Gasteiger partial charge is 0.341 e. The van der Waals surface area contributed by atoms with Gasteiger partial charge < -0.3 is 49.8 Å². The van der Waals surface area contributed by atoms with Crippen LogP contribution in [-0.4, -0.2) is 148 Å². The number of carbonyl (C=O) groups is 4. The van der Waals surface area contributed by atoms with Crippen LogP contribution in [0.1, 0.15) is 161 Å². The first kappa shape index (κ1) is 84.4. The Morgan fingerprint density at radius 1 is 0.466 bits per heavy atom. The first-order valence-corrected chi connectivity index (χ1v) is 42.9. The molecular weight excluding hydrogens is 1560 g/mol. The number of ether oxygens (including phenoxy) is 2. The van der Waals surface area contributed by atoms with Crippen molar-refractivity contribution in [2.75, 3.05) is 53.5 Å². The van der Waals surface area contributed by atoms with Gasteiger partial charge in [0.1, 0.15) is 5.75 Å². The second kappa shape index (κ2) is 37.5. The summed E-state index contributed by atoms with van der Waals surface area (Å²) in [6, 6.07) is 58.9. The maximum absolute atomic E-state index is 13.9. The number of methoxy groups -OCH3 is 2. The molecule has 7 aromatic carbocycles. The lowest BCUT2D eigenvalue weighted by molar-refractivity contribution is -0.150. The van der Waals surface area contributed by atoms with E-state index in [-0.39, 0.29) is 59.6 Å². The van der Waals surface area contributed by atoms with Gasteiger partial charge in [-0.25, -0.2) is 19.6 Å². The normalized spacial score (nSPS) is 23.4. The monoisotopic (exact) mass is 1670 g/mol. The molecule has 0 radical (unpaired) electrons. The van der Waals surface area contributed by atoms with Crippen LogP contribution in [0.25, 0.3) is 10.9 Å². The molecule has 4 aliphatic carbocycles. The number of amides is 2. The molecule has 2 amide bonds. The van der Waals surface area contributed by atoms with E-state index in [2.05, 4.69) is 80.0 Å². The van der Waals surface area contributed by atoms with Crippen molar-refractivity contribution in [3.63, 3.8) is 0 Å². The Kier molecular flexibility index (Phi) is 26.8. The molecule has 4 saturated carbocycles. The average molecular weight is 1670 g/mol. The number of hydrogen-bond acceptors (Lipinski definition) is 16. The Balaban J connectivity index is 0.000000130. The van der Waals surface area contributed by atoms with Crippen LogP contribution >= 0.6 is 46.4 Å². The molecule has 4 fully saturated rings. The lowest BCUT2D eigenvalue weighted by Gasteiger charge is -2.38. The van der Waals surface area contributed by atoms with Crippen molar-refractivity contribution in [2.24, 2.45) is 55.5 Å². The van der Waals surface area contributed by atoms with Crippen molar-refractivity contribution in [3.8, 4) is 5.75 Å². The standard InChI is InChI=1S/C28H33ClN4O2.C25H31ClN4O.2C21H21ClN2O2/c1-18(2)14-28(27(35)30-12-11-20-15-31-24-6-4-3-5-22(20)24)26(23-10-9-21(29)13-25(23)34)33(17-32-28)16-19-7-8-19;1-18(2)15-25(24(31)28-14-11-19-9-12-27-13-10-19)23(21-5-7-22(26)8-6-21)30(17-29-25)16-20-3-4-20;2*1-26-20(25)21(17-5-3-2-4-6-17)19(16-9-11-18(22)12-10-16)24(14-23-21)13-15-7-8-15/h3-6,9-10,13,15,17-19,26,31,34H,7-8,11-12,14,16H2,1-2H3,(H,30,35);5-10,12-13,17-18,20,23H,3-4,11,14-16H2,1-2H3,(H,28,31);2*2-6,9-12,14-15,19H,7-8,13H2,1H3/t26-,28+;23-,25+;19-,21+;19-,21-/m0000/s1. The lowest BCUT2D eigenvalue weighted by atomic mass is 9.78. The minimum Gasteiger partial charge on any atom is -0.508 e. The first-order chi connectivity index (χ1) is 57.1. The van der Waals surface area contributed by atoms with Gasteiger partial charge in [0.15, 0.2) is 11.1 Å². The van der Waals surface area contributed by atoms with Gasteiger partial charge in [-0.15, -0.1) is 0 Å². The minimum absolute atomic E-state index is 0.00440. The fourth-order valence-corrected chi connectivity index (χ4v) is 17.9. The fraction of sp³-hybridized carbons (Fsp3) is 0.400. The van der Waals surface area contributed by atoms with Crippen LogP contribution in [0.5, 0.6) is 5.75 Å². The van der Waals surface area contributed by atoms with Gasteiger partial charge in [0.25, 0.3) is 11.8 Å². The number of fused-ring (bicyclic) bond motifs is 1. The fourth-order valence-electron chi connectivity index (χ4n) is 17.4. The molecule has 6 heterocycles. The molecule has 17 rings (SSSR count). The van der Waals surface area contributed by atoms with Crippen molar-refractivity contribution in [1.29, 1.82) is 0 Å². The summed E-state index contributed by atoms with van der Waals surface area (Å²) in [5.74, 6) is 2.53. The Bertz CT molecular complexity index is 4900. The van der Waals surface area contributed by atoms with E-state index in [0.717, 1.165) is 77.9 Å². The van der Waals surface area contributed by atoms with Crippen LogP contribution in [0.15, 0.2) is 227 Å². The maximum atomic E-state index is 13.9.